The number of nitrogens with zero attached hydrogens (tertiary/aromatic N) is 2. The predicted octanol–water partition coefficient (Wildman–Crippen LogP) is 3.66. The lowest BCUT2D eigenvalue weighted by molar-refractivity contribution is -0.123. The summed E-state index contributed by atoms with van der Waals surface area (Å²) in [6.45, 7) is 0.504. The van der Waals surface area contributed by atoms with Gasteiger partial charge in [0.05, 0.1) is 5.69 Å². The normalized spacial score (nSPS) is 16.4. The molecule has 2 aromatic carbocycles. The first-order chi connectivity index (χ1) is 13.7. The number of amides is 2. The van der Waals surface area contributed by atoms with Crippen LogP contribution < -0.4 is 10.2 Å². The van der Waals surface area contributed by atoms with Crippen molar-refractivity contribution in [2.24, 2.45) is 0 Å². The van der Waals surface area contributed by atoms with Crippen LogP contribution in [-0.2, 0) is 16.0 Å². The molecule has 0 spiro atoms. The van der Waals surface area contributed by atoms with E-state index in [-0.39, 0.29) is 11.8 Å². The zero-order valence-corrected chi connectivity index (χ0v) is 16.2. The standard InChI is InChI=1S/C22H21N3O2S/c26-20-12-11-19(25(20)18-9-5-2-6-10-18)21(27)23-14-13-17-15-28-22(24-17)16-7-3-1-4-8-16/h1-10,15,19H,11-14H2,(H,23,27). The van der Waals surface area contributed by atoms with Gasteiger partial charge in [0.15, 0.2) is 0 Å². The van der Waals surface area contributed by atoms with Crippen molar-refractivity contribution in [2.75, 3.05) is 11.4 Å². The fourth-order valence-corrected chi connectivity index (χ4v) is 4.27. The van der Waals surface area contributed by atoms with Crippen molar-refractivity contribution in [2.45, 2.75) is 25.3 Å². The third-order valence-corrected chi connectivity index (χ3v) is 5.74. The maximum atomic E-state index is 12.7. The number of rotatable bonds is 6. The van der Waals surface area contributed by atoms with Crippen LogP contribution in [0.25, 0.3) is 10.6 Å². The lowest BCUT2D eigenvalue weighted by Gasteiger charge is -2.24. The van der Waals surface area contributed by atoms with Crippen molar-refractivity contribution in [3.8, 4) is 10.6 Å². The second-order valence-corrected chi connectivity index (χ2v) is 7.56. The lowest BCUT2D eigenvalue weighted by Crippen LogP contribution is -2.45. The van der Waals surface area contributed by atoms with Crippen molar-refractivity contribution in [3.05, 3.63) is 71.7 Å². The fourth-order valence-electron chi connectivity index (χ4n) is 3.41. The van der Waals surface area contributed by atoms with Crippen LogP contribution in [0.4, 0.5) is 5.69 Å². The van der Waals surface area contributed by atoms with Crippen LogP contribution in [0, 0.1) is 0 Å². The molecule has 1 atom stereocenters. The molecule has 6 heteroatoms. The number of benzene rings is 2. The summed E-state index contributed by atoms with van der Waals surface area (Å²) in [6.07, 6.45) is 1.62. The Morgan fingerprint density at radius 2 is 1.82 bits per heavy atom. The van der Waals surface area contributed by atoms with E-state index in [9.17, 15) is 9.59 Å². The Hall–Kier alpha value is -2.99. The van der Waals surface area contributed by atoms with E-state index in [1.54, 1.807) is 16.2 Å². The van der Waals surface area contributed by atoms with Crippen LogP contribution >= 0.6 is 11.3 Å². The van der Waals surface area contributed by atoms with Crippen molar-refractivity contribution in [3.63, 3.8) is 0 Å². The van der Waals surface area contributed by atoms with E-state index in [0.29, 0.717) is 25.8 Å². The Morgan fingerprint density at radius 3 is 2.57 bits per heavy atom. The van der Waals surface area contributed by atoms with Gasteiger partial charge < -0.3 is 5.32 Å². The SMILES string of the molecule is O=C(NCCc1csc(-c2ccccc2)n1)C1CCC(=O)N1c1ccccc1. The van der Waals surface area contributed by atoms with E-state index in [1.807, 2.05) is 66.0 Å². The minimum Gasteiger partial charge on any atom is -0.354 e. The second kappa shape index (κ2) is 8.35. The molecule has 0 bridgehead atoms. The molecule has 1 N–H and O–H groups in total. The zero-order valence-electron chi connectivity index (χ0n) is 15.4. The Bertz CT molecular complexity index is 956. The monoisotopic (exact) mass is 391 g/mol. The Labute approximate surface area is 168 Å². The first kappa shape index (κ1) is 18.4. The third kappa shape index (κ3) is 3.97. The fraction of sp³-hybridized carbons (Fsp3) is 0.227. The van der Waals surface area contributed by atoms with Crippen LogP contribution in [0.2, 0.25) is 0 Å². The topological polar surface area (TPSA) is 62.3 Å². The number of para-hydroxylation sites is 1. The van der Waals surface area contributed by atoms with Crippen LogP contribution in [-0.4, -0.2) is 29.4 Å². The van der Waals surface area contributed by atoms with Crippen molar-refractivity contribution >= 4 is 28.8 Å². The van der Waals surface area contributed by atoms with Gasteiger partial charge in [-0.25, -0.2) is 4.98 Å². The van der Waals surface area contributed by atoms with Crippen molar-refractivity contribution in [1.29, 1.82) is 0 Å². The number of anilines is 1. The number of nitrogens with one attached hydrogen (secondary N) is 1. The first-order valence-corrected chi connectivity index (χ1v) is 10.2. The van der Waals surface area contributed by atoms with E-state index < -0.39 is 6.04 Å². The molecule has 4 rings (SSSR count). The number of hydrogen-bond acceptors (Lipinski definition) is 4. The molecule has 0 saturated carbocycles. The van der Waals surface area contributed by atoms with E-state index in [4.69, 9.17) is 0 Å². The maximum absolute atomic E-state index is 12.7. The Morgan fingerprint density at radius 1 is 1.11 bits per heavy atom. The molecular weight excluding hydrogens is 370 g/mol. The highest BCUT2D eigenvalue weighted by Gasteiger charge is 2.36. The van der Waals surface area contributed by atoms with Crippen LogP contribution in [0.1, 0.15) is 18.5 Å². The van der Waals surface area contributed by atoms with Gasteiger partial charge in [0, 0.05) is 36.0 Å². The summed E-state index contributed by atoms with van der Waals surface area (Å²) < 4.78 is 0. The summed E-state index contributed by atoms with van der Waals surface area (Å²) in [5.41, 5.74) is 2.84. The summed E-state index contributed by atoms with van der Waals surface area (Å²) >= 11 is 1.61. The van der Waals surface area contributed by atoms with Gasteiger partial charge in [-0.05, 0) is 18.6 Å². The molecule has 142 valence electrons. The largest absolute Gasteiger partial charge is 0.354 e. The summed E-state index contributed by atoms with van der Waals surface area (Å²) in [4.78, 5) is 31.2. The minimum atomic E-state index is -0.440. The number of thiazole rings is 1. The van der Waals surface area contributed by atoms with E-state index in [1.165, 1.54) is 0 Å². The third-order valence-electron chi connectivity index (χ3n) is 4.80. The van der Waals surface area contributed by atoms with Gasteiger partial charge in [-0.15, -0.1) is 11.3 Å². The average molecular weight is 391 g/mol. The predicted molar refractivity (Wildman–Crippen MR) is 111 cm³/mol. The molecular formula is C22H21N3O2S. The van der Waals surface area contributed by atoms with Crippen LogP contribution in [0.15, 0.2) is 66.0 Å². The Kier molecular flexibility index (Phi) is 5.48. The summed E-state index contributed by atoms with van der Waals surface area (Å²) in [5, 5.41) is 5.99. The van der Waals surface area contributed by atoms with Gasteiger partial charge in [0.25, 0.3) is 0 Å². The molecule has 1 aliphatic rings. The van der Waals surface area contributed by atoms with Crippen molar-refractivity contribution in [1.82, 2.24) is 10.3 Å². The number of carbonyl (C=O) groups excluding carboxylic acids is 2. The van der Waals surface area contributed by atoms with Gasteiger partial charge in [-0.1, -0.05) is 48.5 Å². The molecule has 0 radical (unpaired) electrons. The average Bonchev–Trinajstić information content (AvgIpc) is 3.36. The van der Waals surface area contributed by atoms with Gasteiger partial charge in [-0.3, -0.25) is 14.5 Å². The number of aromatic nitrogens is 1. The maximum Gasteiger partial charge on any atom is 0.243 e. The van der Waals surface area contributed by atoms with E-state index in [2.05, 4.69) is 10.3 Å². The molecule has 0 aliphatic carbocycles. The van der Waals surface area contributed by atoms with Crippen LogP contribution in [0.3, 0.4) is 0 Å². The highest BCUT2D eigenvalue weighted by atomic mass is 32.1. The molecule has 3 aromatic rings. The minimum absolute atomic E-state index is 0.00152. The molecule has 1 aromatic heterocycles. The second-order valence-electron chi connectivity index (χ2n) is 6.70. The van der Waals surface area contributed by atoms with Gasteiger partial charge >= 0.3 is 0 Å². The molecule has 1 saturated heterocycles. The molecule has 2 amide bonds. The quantitative estimate of drug-likeness (QED) is 0.697. The molecule has 2 heterocycles. The zero-order chi connectivity index (χ0) is 19.3. The number of carbonyl (C=O) groups is 2. The Balaban J connectivity index is 1.34. The van der Waals surface area contributed by atoms with Gasteiger partial charge in [0.1, 0.15) is 11.0 Å². The van der Waals surface area contributed by atoms with Gasteiger partial charge in [-0.2, -0.15) is 0 Å². The molecule has 1 fully saturated rings. The number of hydrogen-bond donors (Lipinski definition) is 1. The highest BCUT2D eigenvalue weighted by molar-refractivity contribution is 7.13. The smallest absolute Gasteiger partial charge is 0.243 e. The lowest BCUT2D eigenvalue weighted by atomic mass is 10.2. The summed E-state index contributed by atoms with van der Waals surface area (Å²) in [6, 6.07) is 19.0. The highest BCUT2D eigenvalue weighted by Crippen LogP contribution is 2.26. The van der Waals surface area contributed by atoms with Gasteiger partial charge in [0.2, 0.25) is 11.8 Å². The van der Waals surface area contributed by atoms with E-state index in [0.717, 1.165) is 22.0 Å². The molecule has 1 unspecified atom stereocenters. The summed E-state index contributed by atoms with van der Waals surface area (Å²) in [7, 11) is 0. The first-order valence-electron chi connectivity index (χ1n) is 9.37. The van der Waals surface area contributed by atoms with Crippen molar-refractivity contribution < 1.29 is 9.59 Å². The van der Waals surface area contributed by atoms with Crippen LogP contribution in [0.5, 0.6) is 0 Å². The molecule has 28 heavy (non-hydrogen) atoms. The molecule has 5 nitrogen and oxygen atoms in total. The van der Waals surface area contributed by atoms with E-state index >= 15 is 0 Å². The summed E-state index contributed by atoms with van der Waals surface area (Å²) in [5.74, 6) is -0.105. The molecule has 1 aliphatic heterocycles.